The second kappa shape index (κ2) is 3.28. The lowest BCUT2D eigenvalue weighted by Gasteiger charge is -2.12. The molecule has 0 saturated heterocycles. The molecule has 0 atom stereocenters. The van der Waals surface area contributed by atoms with Gasteiger partial charge in [0.1, 0.15) is 10.1 Å². The lowest BCUT2D eigenvalue weighted by molar-refractivity contribution is -0.255. The molecule has 0 unspecified atom stereocenters. The Bertz CT molecular complexity index is 479. The SMILES string of the molecule is Nc1ccc(C(=O)[O-])cc1S(=O)(=O)[O-]. The minimum Gasteiger partial charge on any atom is -0.744 e. The summed E-state index contributed by atoms with van der Waals surface area (Å²) in [6, 6.07) is 2.75. The Balaban J connectivity index is 3.44. The summed E-state index contributed by atoms with van der Waals surface area (Å²) < 4.78 is 31.7. The largest absolute Gasteiger partial charge is 0.744 e. The molecule has 0 fully saturated rings. The van der Waals surface area contributed by atoms with Crippen LogP contribution in [0.4, 0.5) is 5.69 Å². The number of nitrogen functional groups attached to an aromatic ring is 1. The third-order valence-electron chi connectivity index (χ3n) is 1.52. The van der Waals surface area contributed by atoms with Crippen molar-refractivity contribution >= 4 is 21.8 Å². The van der Waals surface area contributed by atoms with Gasteiger partial charge in [-0.05, 0) is 17.7 Å². The summed E-state index contributed by atoms with van der Waals surface area (Å²) in [7, 11) is -4.76. The molecule has 2 N–H and O–H groups in total. The van der Waals surface area contributed by atoms with Crippen LogP contribution in [0.25, 0.3) is 0 Å². The summed E-state index contributed by atoms with van der Waals surface area (Å²) in [4.78, 5) is 9.59. The number of anilines is 1. The third kappa shape index (κ3) is 2.01. The van der Waals surface area contributed by atoms with Crippen molar-refractivity contribution in [1.82, 2.24) is 0 Å². The highest BCUT2D eigenvalue weighted by molar-refractivity contribution is 7.86. The van der Waals surface area contributed by atoms with Gasteiger partial charge >= 0.3 is 0 Å². The van der Waals surface area contributed by atoms with Crippen LogP contribution in [0.5, 0.6) is 0 Å². The quantitative estimate of drug-likeness (QED) is 0.474. The third-order valence-corrected chi connectivity index (χ3v) is 2.41. The lowest BCUT2D eigenvalue weighted by atomic mass is 10.2. The molecule has 7 heteroatoms. The summed E-state index contributed by atoms with van der Waals surface area (Å²) in [5.41, 5.74) is 4.49. The van der Waals surface area contributed by atoms with Gasteiger partial charge in [0.25, 0.3) is 0 Å². The number of hydrogen-bond acceptors (Lipinski definition) is 6. The van der Waals surface area contributed by atoms with E-state index in [0.29, 0.717) is 6.07 Å². The second-order valence-electron chi connectivity index (χ2n) is 2.49. The number of benzene rings is 1. The predicted octanol–water partition coefficient (Wildman–Crippen LogP) is -1.46. The maximum absolute atomic E-state index is 10.6. The Morgan fingerprint density at radius 3 is 2.36 bits per heavy atom. The lowest BCUT2D eigenvalue weighted by Crippen LogP contribution is -2.22. The van der Waals surface area contributed by atoms with Gasteiger partial charge in [-0.15, -0.1) is 0 Å². The maximum atomic E-state index is 10.6. The highest BCUT2D eigenvalue weighted by atomic mass is 32.2. The van der Waals surface area contributed by atoms with Crippen LogP contribution in [0.15, 0.2) is 23.1 Å². The minimum absolute atomic E-state index is 0.287. The number of aromatic carboxylic acids is 1. The van der Waals surface area contributed by atoms with Crippen molar-refractivity contribution in [2.45, 2.75) is 4.90 Å². The molecule has 1 aromatic carbocycles. The van der Waals surface area contributed by atoms with E-state index >= 15 is 0 Å². The van der Waals surface area contributed by atoms with Gasteiger partial charge in [-0.1, -0.05) is 6.07 Å². The molecule has 6 nitrogen and oxygen atoms in total. The first-order chi connectivity index (χ1) is 6.32. The predicted molar refractivity (Wildman–Crippen MR) is 43.1 cm³/mol. The standard InChI is InChI=1S/C7H7NO5S/c8-5-2-1-4(7(9)10)3-6(5)14(11,12)13/h1-3H,8H2,(H,9,10)(H,11,12,13)/p-2. The van der Waals surface area contributed by atoms with Gasteiger partial charge in [0.05, 0.1) is 10.9 Å². The van der Waals surface area contributed by atoms with Crippen molar-refractivity contribution in [2.75, 3.05) is 5.73 Å². The zero-order valence-electron chi connectivity index (χ0n) is 6.76. The molecule has 0 heterocycles. The van der Waals surface area contributed by atoms with E-state index in [-0.39, 0.29) is 5.69 Å². The van der Waals surface area contributed by atoms with Crippen LogP contribution < -0.4 is 10.8 Å². The summed E-state index contributed by atoms with van der Waals surface area (Å²) >= 11 is 0. The van der Waals surface area contributed by atoms with Crippen LogP contribution in [0.1, 0.15) is 10.4 Å². The number of carbonyl (C=O) groups excluding carboxylic acids is 1. The fourth-order valence-electron chi connectivity index (χ4n) is 0.878. The molecule has 0 bridgehead atoms. The number of nitrogens with two attached hydrogens (primary N) is 1. The molecule has 14 heavy (non-hydrogen) atoms. The van der Waals surface area contributed by atoms with E-state index in [0.717, 1.165) is 12.1 Å². The van der Waals surface area contributed by atoms with Gasteiger partial charge in [0, 0.05) is 5.69 Å². The number of carbonyl (C=O) groups is 1. The minimum atomic E-state index is -4.76. The fraction of sp³-hybridized carbons (Fsp3) is 0. The molecule has 0 spiro atoms. The van der Waals surface area contributed by atoms with Crippen LogP contribution >= 0.6 is 0 Å². The molecule has 76 valence electrons. The molecule has 0 aliphatic carbocycles. The van der Waals surface area contributed by atoms with Gasteiger partial charge in [-0.2, -0.15) is 0 Å². The molecule has 0 amide bonds. The normalized spacial score (nSPS) is 11.2. The zero-order valence-corrected chi connectivity index (χ0v) is 7.58. The van der Waals surface area contributed by atoms with E-state index in [4.69, 9.17) is 5.73 Å². The van der Waals surface area contributed by atoms with Crippen molar-refractivity contribution in [3.63, 3.8) is 0 Å². The average Bonchev–Trinajstić information content (AvgIpc) is 2.02. The van der Waals surface area contributed by atoms with Gasteiger partial charge < -0.3 is 20.2 Å². The molecule has 0 saturated carbocycles. The molecular weight excluding hydrogens is 210 g/mol. The summed E-state index contributed by atoms with van der Waals surface area (Å²) in [5, 5.41) is 10.3. The van der Waals surface area contributed by atoms with E-state index in [1.807, 2.05) is 0 Å². The van der Waals surface area contributed by atoms with E-state index < -0.39 is 26.5 Å². The molecule has 0 radical (unpaired) electrons. The monoisotopic (exact) mass is 215 g/mol. The first-order valence-corrected chi connectivity index (χ1v) is 4.80. The molecule has 0 aromatic heterocycles. The van der Waals surface area contributed by atoms with Gasteiger partial charge in [0.15, 0.2) is 0 Å². The van der Waals surface area contributed by atoms with Crippen molar-refractivity contribution in [1.29, 1.82) is 0 Å². The van der Waals surface area contributed by atoms with Crippen molar-refractivity contribution in [3.05, 3.63) is 23.8 Å². The highest BCUT2D eigenvalue weighted by Gasteiger charge is 2.07. The highest BCUT2D eigenvalue weighted by Crippen LogP contribution is 2.18. The summed E-state index contributed by atoms with van der Waals surface area (Å²) in [5.74, 6) is -1.57. The number of carboxylic acids is 1. The van der Waals surface area contributed by atoms with Crippen LogP contribution in [0.2, 0.25) is 0 Å². The van der Waals surface area contributed by atoms with E-state index in [2.05, 4.69) is 0 Å². The first-order valence-electron chi connectivity index (χ1n) is 3.39. The second-order valence-corrected chi connectivity index (χ2v) is 3.84. The fourth-order valence-corrected chi connectivity index (χ4v) is 1.51. The summed E-state index contributed by atoms with van der Waals surface area (Å²) in [6.45, 7) is 0. The Hall–Kier alpha value is -1.60. The Morgan fingerprint density at radius 1 is 1.36 bits per heavy atom. The van der Waals surface area contributed by atoms with Crippen molar-refractivity contribution in [2.24, 2.45) is 0 Å². The Labute approximate surface area is 79.7 Å². The topological polar surface area (TPSA) is 123 Å². The molecule has 1 aromatic rings. The van der Waals surface area contributed by atoms with Crippen molar-refractivity contribution in [3.8, 4) is 0 Å². The van der Waals surface area contributed by atoms with E-state index in [9.17, 15) is 22.9 Å². The van der Waals surface area contributed by atoms with Crippen LogP contribution in [-0.4, -0.2) is 18.9 Å². The average molecular weight is 215 g/mol. The number of rotatable bonds is 2. The number of hydrogen-bond donors (Lipinski definition) is 1. The van der Waals surface area contributed by atoms with Crippen molar-refractivity contribution < 1.29 is 22.9 Å². The van der Waals surface area contributed by atoms with E-state index in [1.165, 1.54) is 0 Å². The molecule has 0 aliphatic heterocycles. The maximum Gasteiger partial charge on any atom is 0.126 e. The van der Waals surface area contributed by atoms with Gasteiger partial charge in [-0.3, -0.25) is 0 Å². The Morgan fingerprint density at radius 2 is 1.93 bits per heavy atom. The smallest absolute Gasteiger partial charge is 0.126 e. The van der Waals surface area contributed by atoms with Crippen LogP contribution in [0, 0.1) is 0 Å². The number of carboxylic acid groups (broad SMARTS) is 1. The van der Waals surface area contributed by atoms with Crippen LogP contribution in [-0.2, 0) is 10.1 Å². The first kappa shape index (κ1) is 10.5. The zero-order chi connectivity index (χ0) is 10.9. The van der Waals surface area contributed by atoms with E-state index in [1.54, 1.807) is 0 Å². The summed E-state index contributed by atoms with van der Waals surface area (Å²) in [6.07, 6.45) is 0. The molecule has 0 aliphatic rings. The van der Waals surface area contributed by atoms with Gasteiger partial charge in [-0.25, -0.2) is 8.42 Å². The van der Waals surface area contributed by atoms with Gasteiger partial charge in [0.2, 0.25) is 0 Å². The molecular formula is C7H5NO5S-2. The molecule has 1 rings (SSSR count). The Kier molecular flexibility index (Phi) is 2.45. The van der Waals surface area contributed by atoms with Crippen LogP contribution in [0.3, 0.4) is 0 Å².